The summed E-state index contributed by atoms with van der Waals surface area (Å²) >= 11 is 3.98. The van der Waals surface area contributed by atoms with Crippen LogP contribution in [-0.2, 0) is 0 Å². The monoisotopic (exact) mass is 253 g/mol. The lowest BCUT2D eigenvalue weighted by Gasteiger charge is -2.30. The van der Waals surface area contributed by atoms with E-state index in [4.69, 9.17) is 0 Å². The van der Waals surface area contributed by atoms with Crippen LogP contribution in [0.5, 0.6) is 0 Å². The molecular weight excluding hydrogens is 237 g/mol. The molecule has 1 fully saturated rings. The number of hydrogen-bond donors (Lipinski definition) is 1. The van der Waals surface area contributed by atoms with Crippen molar-refractivity contribution in [2.45, 2.75) is 24.2 Å². The summed E-state index contributed by atoms with van der Waals surface area (Å²) in [5.74, 6) is 0.179. The molecule has 92 valence electrons. The predicted octanol–water partition coefficient (Wildman–Crippen LogP) is 2.99. The van der Waals surface area contributed by atoms with Gasteiger partial charge in [0.2, 0.25) is 0 Å². The number of hydrogen-bond acceptors (Lipinski definition) is 2. The number of halogens is 1. The molecule has 1 aliphatic rings. The maximum absolute atomic E-state index is 13.0. The quantitative estimate of drug-likeness (QED) is 0.821. The number of carbonyl (C=O) groups is 1. The van der Waals surface area contributed by atoms with Crippen LogP contribution >= 0.6 is 12.6 Å². The van der Waals surface area contributed by atoms with Gasteiger partial charge >= 0.3 is 0 Å². The van der Waals surface area contributed by atoms with E-state index >= 15 is 0 Å². The van der Waals surface area contributed by atoms with Crippen molar-refractivity contribution in [1.82, 2.24) is 4.90 Å². The predicted molar refractivity (Wildman–Crippen MR) is 68.0 cm³/mol. The van der Waals surface area contributed by atoms with Crippen LogP contribution in [-0.4, -0.2) is 24.4 Å². The second-order valence-corrected chi connectivity index (χ2v) is 5.13. The van der Waals surface area contributed by atoms with E-state index in [1.165, 1.54) is 37.5 Å². The summed E-state index contributed by atoms with van der Waals surface area (Å²) < 4.78 is 13.0. The van der Waals surface area contributed by atoms with Crippen molar-refractivity contribution >= 4 is 18.5 Å². The molecule has 2 rings (SSSR count). The minimum atomic E-state index is -0.397. The molecule has 1 aliphatic carbocycles. The molecule has 17 heavy (non-hydrogen) atoms. The lowest BCUT2D eigenvalue weighted by atomic mass is 9.85. The van der Waals surface area contributed by atoms with Crippen molar-refractivity contribution in [2.24, 2.45) is 5.92 Å². The molecule has 0 unspecified atom stereocenters. The molecule has 0 spiro atoms. The average molecular weight is 253 g/mol. The first kappa shape index (κ1) is 12.4. The van der Waals surface area contributed by atoms with E-state index in [0.717, 1.165) is 6.54 Å². The Morgan fingerprint density at radius 2 is 2.24 bits per heavy atom. The van der Waals surface area contributed by atoms with Gasteiger partial charge in [-0.25, -0.2) is 4.39 Å². The van der Waals surface area contributed by atoms with Crippen molar-refractivity contribution in [1.29, 1.82) is 0 Å². The third-order valence-electron chi connectivity index (χ3n) is 3.30. The van der Waals surface area contributed by atoms with Crippen molar-refractivity contribution in [3.8, 4) is 0 Å². The van der Waals surface area contributed by atoms with E-state index in [1.54, 1.807) is 11.9 Å². The second-order valence-electron chi connectivity index (χ2n) is 4.65. The van der Waals surface area contributed by atoms with Gasteiger partial charge in [0.1, 0.15) is 5.82 Å². The van der Waals surface area contributed by atoms with Gasteiger partial charge < -0.3 is 4.90 Å². The van der Waals surface area contributed by atoms with Crippen LogP contribution in [0.2, 0.25) is 0 Å². The minimum Gasteiger partial charge on any atom is -0.341 e. The molecule has 0 N–H and O–H groups in total. The van der Waals surface area contributed by atoms with E-state index in [1.807, 2.05) is 0 Å². The first-order valence-electron chi connectivity index (χ1n) is 5.82. The Kier molecular flexibility index (Phi) is 3.72. The highest BCUT2D eigenvalue weighted by molar-refractivity contribution is 7.80. The maximum atomic E-state index is 13.0. The first-order valence-corrected chi connectivity index (χ1v) is 6.26. The fraction of sp³-hybridized carbons (Fsp3) is 0.462. The number of rotatable bonds is 3. The third kappa shape index (κ3) is 2.80. The van der Waals surface area contributed by atoms with Crippen LogP contribution in [0, 0.1) is 11.7 Å². The molecular formula is C13H16FNOS. The van der Waals surface area contributed by atoms with Gasteiger partial charge in [0.05, 0.1) is 0 Å². The lowest BCUT2D eigenvalue weighted by Crippen LogP contribution is -2.34. The lowest BCUT2D eigenvalue weighted by molar-refractivity contribution is 0.0745. The van der Waals surface area contributed by atoms with E-state index in [0.29, 0.717) is 11.5 Å². The van der Waals surface area contributed by atoms with Crippen LogP contribution in [0.1, 0.15) is 29.6 Å². The molecule has 0 saturated heterocycles. The van der Waals surface area contributed by atoms with Crippen LogP contribution in [0.25, 0.3) is 0 Å². The van der Waals surface area contributed by atoms with Gasteiger partial charge in [-0.15, -0.1) is 12.6 Å². The maximum Gasteiger partial charge on any atom is 0.253 e. The van der Waals surface area contributed by atoms with E-state index < -0.39 is 5.82 Å². The smallest absolute Gasteiger partial charge is 0.253 e. The molecule has 0 atom stereocenters. The normalized spacial score (nSPS) is 15.5. The molecule has 0 heterocycles. The molecule has 2 nitrogen and oxygen atoms in total. The van der Waals surface area contributed by atoms with Crippen molar-refractivity contribution in [3.63, 3.8) is 0 Å². The molecule has 1 aromatic rings. The Morgan fingerprint density at radius 3 is 2.76 bits per heavy atom. The molecule has 1 amide bonds. The van der Waals surface area contributed by atoms with Crippen LogP contribution < -0.4 is 0 Å². The molecule has 1 aromatic carbocycles. The zero-order valence-corrected chi connectivity index (χ0v) is 10.7. The zero-order chi connectivity index (χ0) is 12.4. The van der Waals surface area contributed by atoms with Crippen LogP contribution in [0.4, 0.5) is 4.39 Å². The standard InChI is InChI=1S/C13H16FNOS/c1-15(8-9-3-2-4-9)13(16)10-5-6-11(14)12(17)7-10/h5-7,9,17H,2-4,8H2,1H3. The van der Waals surface area contributed by atoms with Gasteiger partial charge in [-0.1, -0.05) is 6.42 Å². The molecule has 0 bridgehead atoms. The fourth-order valence-electron chi connectivity index (χ4n) is 2.01. The van der Waals surface area contributed by atoms with Gasteiger partial charge in [0.25, 0.3) is 5.91 Å². The Hall–Kier alpha value is -1.03. The molecule has 1 saturated carbocycles. The molecule has 4 heteroatoms. The summed E-state index contributed by atoms with van der Waals surface area (Å²) in [5, 5.41) is 0. The largest absolute Gasteiger partial charge is 0.341 e. The van der Waals surface area contributed by atoms with E-state index in [2.05, 4.69) is 12.6 Å². The van der Waals surface area contributed by atoms with E-state index in [9.17, 15) is 9.18 Å². The Morgan fingerprint density at radius 1 is 1.53 bits per heavy atom. The summed E-state index contributed by atoms with van der Waals surface area (Å²) in [6.07, 6.45) is 3.68. The third-order valence-corrected chi connectivity index (χ3v) is 3.64. The molecule has 0 radical (unpaired) electrons. The molecule has 0 aromatic heterocycles. The summed E-state index contributed by atoms with van der Waals surface area (Å²) in [7, 11) is 1.79. The highest BCUT2D eigenvalue weighted by Crippen LogP contribution is 2.27. The minimum absolute atomic E-state index is 0.0628. The van der Waals surface area contributed by atoms with Gasteiger partial charge in [-0.3, -0.25) is 4.79 Å². The fourth-order valence-corrected chi connectivity index (χ4v) is 2.23. The van der Waals surface area contributed by atoms with Gasteiger partial charge in [-0.05, 0) is 37.0 Å². The van der Waals surface area contributed by atoms with Crippen LogP contribution in [0.15, 0.2) is 23.1 Å². The van der Waals surface area contributed by atoms with Crippen molar-refractivity contribution < 1.29 is 9.18 Å². The summed E-state index contributed by atoms with van der Waals surface area (Å²) in [6.45, 7) is 0.790. The highest BCUT2D eigenvalue weighted by Gasteiger charge is 2.22. The first-order chi connectivity index (χ1) is 8.08. The summed E-state index contributed by atoms with van der Waals surface area (Å²) in [5.41, 5.74) is 0.498. The van der Waals surface area contributed by atoms with Crippen LogP contribution in [0.3, 0.4) is 0 Å². The Bertz CT molecular complexity index is 431. The topological polar surface area (TPSA) is 20.3 Å². The van der Waals surface area contributed by atoms with E-state index in [-0.39, 0.29) is 10.8 Å². The number of carbonyl (C=O) groups excluding carboxylic acids is 1. The molecule has 0 aliphatic heterocycles. The number of thiol groups is 1. The summed E-state index contributed by atoms with van der Waals surface area (Å²) in [4.78, 5) is 14.0. The zero-order valence-electron chi connectivity index (χ0n) is 9.82. The second kappa shape index (κ2) is 5.08. The summed E-state index contributed by atoms with van der Waals surface area (Å²) in [6, 6.07) is 4.28. The van der Waals surface area contributed by atoms with Gasteiger partial charge in [0, 0.05) is 24.1 Å². The van der Waals surface area contributed by atoms with Crippen molar-refractivity contribution in [2.75, 3.05) is 13.6 Å². The van der Waals surface area contributed by atoms with Crippen molar-refractivity contribution in [3.05, 3.63) is 29.6 Å². The Balaban J connectivity index is 2.04. The number of amides is 1. The highest BCUT2D eigenvalue weighted by atomic mass is 32.1. The number of benzene rings is 1. The Labute approximate surface area is 106 Å². The van der Waals surface area contributed by atoms with Gasteiger partial charge in [0.15, 0.2) is 0 Å². The SMILES string of the molecule is CN(CC1CCC1)C(=O)c1ccc(F)c(S)c1. The van der Waals surface area contributed by atoms with Gasteiger partial charge in [-0.2, -0.15) is 0 Å². The number of nitrogens with zero attached hydrogens (tertiary/aromatic N) is 1. The average Bonchev–Trinajstić information content (AvgIpc) is 2.26.